The van der Waals surface area contributed by atoms with Gasteiger partial charge in [-0.15, -0.1) is 0 Å². The van der Waals surface area contributed by atoms with E-state index >= 15 is 0 Å². The van der Waals surface area contributed by atoms with E-state index in [9.17, 15) is 9.18 Å². The first-order chi connectivity index (χ1) is 13.5. The average molecular weight is 380 g/mol. The van der Waals surface area contributed by atoms with E-state index in [2.05, 4.69) is 19.9 Å². The van der Waals surface area contributed by atoms with Crippen molar-refractivity contribution in [3.8, 4) is 0 Å². The molecule has 1 unspecified atom stereocenters. The zero-order chi connectivity index (χ0) is 19.7. The van der Waals surface area contributed by atoms with Gasteiger partial charge in [0.25, 0.3) is 0 Å². The number of imidazole rings is 1. The average Bonchev–Trinajstić information content (AvgIpc) is 3.32. The number of fused-ring (bicyclic) bond motifs is 1. The fourth-order valence-electron chi connectivity index (χ4n) is 3.39. The third-order valence-corrected chi connectivity index (χ3v) is 4.79. The lowest BCUT2D eigenvalue weighted by atomic mass is 10.2. The maximum Gasteiger partial charge on any atom is 0.247 e. The molecule has 0 bridgehead atoms. The molecule has 144 valence electrons. The predicted octanol–water partition coefficient (Wildman–Crippen LogP) is 2.93. The van der Waals surface area contributed by atoms with Crippen molar-refractivity contribution in [1.29, 1.82) is 0 Å². The fourth-order valence-corrected chi connectivity index (χ4v) is 3.39. The van der Waals surface area contributed by atoms with Crippen LogP contribution in [0.2, 0.25) is 0 Å². The highest BCUT2D eigenvalue weighted by molar-refractivity contribution is 5.92. The van der Waals surface area contributed by atoms with Gasteiger partial charge in [-0.3, -0.25) is 4.79 Å². The number of carbonyl (C=O) groups excluding carboxylic acids is 1. The van der Waals surface area contributed by atoms with Crippen molar-refractivity contribution in [3.63, 3.8) is 0 Å². The minimum Gasteiger partial charge on any atom is -0.347 e. The molecular weight excluding hydrogens is 359 g/mol. The second-order valence-corrected chi connectivity index (χ2v) is 7.02. The number of H-pyrrole nitrogens is 1. The summed E-state index contributed by atoms with van der Waals surface area (Å²) in [5, 5.41) is 0. The summed E-state index contributed by atoms with van der Waals surface area (Å²) in [5.74, 6) is 0.904. The first-order valence-corrected chi connectivity index (χ1v) is 9.14. The molecule has 1 amide bonds. The standard InChI is InChI=1S/C20H21FN6O/c1-26(2)20-22-11-13(12-23-20)5-8-18(28)27-9-3-4-17(27)19-24-15-7-6-14(21)10-16(15)25-19/h5-8,10-12,17H,3-4,9H2,1-2H3,(H,24,25). The number of aromatic amines is 1. The topological polar surface area (TPSA) is 78.0 Å². The third-order valence-electron chi connectivity index (χ3n) is 4.79. The number of aromatic nitrogens is 4. The summed E-state index contributed by atoms with van der Waals surface area (Å²) in [4.78, 5) is 32.5. The van der Waals surface area contributed by atoms with Gasteiger partial charge >= 0.3 is 0 Å². The molecule has 1 aliphatic heterocycles. The Labute approximate surface area is 161 Å². The van der Waals surface area contributed by atoms with Crippen LogP contribution in [0.25, 0.3) is 17.1 Å². The molecule has 1 fully saturated rings. The predicted molar refractivity (Wildman–Crippen MR) is 105 cm³/mol. The van der Waals surface area contributed by atoms with E-state index in [-0.39, 0.29) is 17.8 Å². The van der Waals surface area contributed by atoms with Crippen molar-refractivity contribution in [2.45, 2.75) is 18.9 Å². The van der Waals surface area contributed by atoms with E-state index < -0.39 is 0 Å². The maximum absolute atomic E-state index is 13.4. The molecule has 0 aliphatic carbocycles. The van der Waals surface area contributed by atoms with Gasteiger partial charge in [-0.2, -0.15) is 0 Å². The summed E-state index contributed by atoms with van der Waals surface area (Å²) in [6.45, 7) is 0.662. The number of nitrogens with zero attached hydrogens (tertiary/aromatic N) is 5. The van der Waals surface area contributed by atoms with Crippen LogP contribution in [0.5, 0.6) is 0 Å². The normalized spacial score (nSPS) is 17.0. The molecule has 7 nitrogen and oxygen atoms in total. The number of nitrogens with one attached hydrogen (secondary N) is 1. The van der Waals surface area contributed by atoms with Gasteiger partial charge in [-0.25, -0.2) is 19.3 Å². The van der Waals surface area contributed by atoms with Gasteiger partial charge in [0.2, 0.25) is 11.9 Å². The van der Waals surface area contributed by atoms with Gasteiger partial charge in [-0.1, -0.05) is 0 Å². The highest BCUT2D eigenvalue weighted by Gasteiger charge is 2.31. The fraction of sp³-hybridized carbons (Fsp3) is 0.300. The van der Waals surface area contributed by atoms with Gasteiger partial charge in [0.15, 0.2) is 0 Å². The van der Waals surface area contributed by atoms with Crippen molar-refractivity contribution < 1.29 is 9.18 Å². The minimum absolute atomic E-state index is 0.0918. The summed E-state index contributed by atoms with van der Waals surface area (Å²) in [6.07, 6.45) is 8.33. The lowest BCUT2D eigenvalue weighted by Crippen LogP contribution is -2.29. The van der Waals surface area contributed by atoms with Crippen molar-refractivity contribution in [3.05, 3.63) is 53.9 Å². The third kappa shape index (κ3) is 3.58. The molecule has 2 aromatic heterocycles. The largest absolute Gasteiger partial charge is 0.347 e. The molecule has 8 heteroatoms. The summed E-state index contributed by atoms with van der Waals surface area (Å²) >= 11 is 0. The first kappa shape index (κ1) is 18.1. The number of carbonyl (C=O) groups is 1. The summed E-state index contributed by atoms with van der Waals surface area (Å²) < 4.78 is 13.4. The van der Waals surface area contributed by atoms with Crippen molar-refractivity contribution >= 4 is 29.0 Å². The number of anilines is 1. The van der Waals surface area contributed by atoms with E-state index in [1.54, 1.807) is 29.4 Å². The van der Waals surface area contributed by atoms with Crippen LogP contribution >= 0.6 is 0 Å². The number of amides is 1. The molecule has 3 heterocycles. The molecule has 4 rings (SSSR count). The van der Waals surface area contributed by atoms with E-state index in [0.717, 1.165) is 18.4 Å². The monoisotopic (exact) mass is 380 g/mol. The molecule has 1 saturated heterocycles. The highest BCUT2D eigenvalue weighted by Crippen LogP contribution is 2.31. The number of hydrogen-bond donors (Lipinski definition) is 1. The van der Waals surface area contributed by atoms with Crippen LogP contribution in [-0.4, -0.2) is 51.4 Å². The van der Waals surface area contributed by atoms with E-state index in [4.69, 9.17) is 0 Å². The Hall–Kier alpha value is -3.29. The minimum atomic E-state index is -0.313. The van der Waals surface area contributed by atoms with E-state index in [0.29, 0.717) is 29.4 Å². The van der Waals surface area contributed by atoms with E-state index in [1.807, 2.05) is 19.0 Å². The molecule has 1 atom stereocenters. The number of rotatable bonds is 4. The molecule has 0 spiro atoms. The van der Waals surface area contributed by atoms with Crippen LogP contribution in [0.3, 0.4) is 0 Å². The SMILES string of the molecule is CN(C)c1ncc(C=CC(=O)N2CCCC2c2nc3ccc(F)cc3[nH]2)cn1. The molecule has 1 N–H and O–H groups in total. The molecule has 0 saturated carbocycles. The Morgan fingerprint density at radius 2 is 2.11 bits per heavy atom. The molecular formula is C20H21FN6O. The Balaban J connectivity index is 1.51. The Morgan fingerprint density at radius 3 is 2.86 bits per heavy atom. The quantitative estimate of drug-likeness (QED) is 0.704. The van der Waals surface area contributed by atoms with Gasteiger partial charge in [-0.05, 0) is 37.1 Å². The van der Waals surface area contributed by atoms with Gasteiger partial charge in [0.1, 0.15) is 11.6 Å². The van der Waals surface area contributed by atoms with Crippen LogP contribution in [0, 0.1) is 5.82 Å². The number of likely N-dealkylation sites (tertiary alicyclic amines) is 1. The second kappa shape index (κ2) is 7.38. The summed E-state index contributed by atoms with van der Waals surface area (Å²) in [7, 11) is 3.74. The van der Waals surface area contributed by atoms with E-state index in [1.165, 1.54) is 18.2 Å². The zero-order valence-electron chi connectivity index (χ0n) is 15.8. The van der Waals surface area contributed by atoms with Crippen LogP contribution < -0.4 is 4.90 Å². The van der Waals surface area contributed by atoms with Gasteiger partial charge in [0, 0.05) is 44.7 Å². The lowest BCUT2D eigenvalue weighted by molar-refractivity contribution is -0.126. The lowest BCUT2D eigenvalue weighted by Gasteiger charge is -2.21. The molecule has 0 radical (unpaired) electrons. The van der Waals surface area contributed by atoms with Crippen LogP contribution in [0.15, 0.2) is 36.7 Å². The van der Waals surface area contributed by atoms with Crippen LogP contribution in [0.4, 0.5) is 10.3 Å². The summed E-state index contributed by atoms with van der Waals surface area (Å²) in [6, 6.07) is 4.31. The second-order valence-electron chi connectivity index (χ2n) is 7.02. The first-order valence-electron chi connectivity index (χ1n) is 9.14. The molecule has 3 aromatic rings. The van der Waals surface area contributed by atoms with Crippen molar-refractivity contribution in [2.75, 3.05) is 25.5 Å². The van der Waals surface area contributed by atoms with Crippen LogP contribution in [-0.2, 0) is 4.79 Å². The Kier molecular flexibility index (Phi) is 4.77. The molecule has 1 aromatic carbocycles. The summed E-state index contributed by atoms with van der Waals surface area (Å²) in [5.41, 5.74) is 2.10. The smallest absolute Gasteiger partial charge is 0.247 e. The van der Waals surface area contributed by atoms with Crippen LogP contribution in [0.1, 0.15) is 30.3 Å². The number of benzene rings is 1. The van der Waals surface area contributed by atoms with Crippen molar-refractivity contribution in [1.82, 2.24) is 24.8 Å². The maximum atomic E-state index is 13.4. The Bertz CT molecular complexity index is 1030. The zero-order valence-corrected chi connectivity index (χ0v) is 15.8. The molecule has 28 heavy (non-hydrogen) atoms. The number of halogens is 1. The Morgan fingerprint density at radius 1 is 1.32 bits per heavy atom. The molecule has 1 aliphatic rings. The van der Waals surface area contributed by atoms with Gasteiger partial charge in [0.05, 0.1) is 17.1 Å². The number of hydrogen-bond acceptors (Lipinski definition) is 5. The highest BCUT2D eigenvalue weighted by atomic mass is 19.1. The van der Waals surface area contributed by atoms with Gasteiger partial charge < -0.3 is 14.8 Å². The van der Waals surface area contributed by atoms with Crippen molar-refractivity contribution in [2.24, 2.45) is 0 Å².